The van der Waals surface area contributed by atoms with Gasteiger partial charge in [0.05, 0.1) is 27.8 Å². The van der Waals surface area contributed by atoms with E-state index in [4.69, 9.17) is 9.72 Å². The molecule has 1 aromatic heterocycles. The third-order valence-electron chi connectivity index (χ3n) is 7.00. The minimum atomic E-state index is -3.55. The Morgan fingerprint density at radius 1 is 1.11 bits per heavy atom. The zero-order valence-electron chi connectivity index (χ0n) is 20.9. The van der Waals surface area contributed by atoms with Gasteiger partial charge in [-0.25, -0.2) is 13.4 Å². The molecule has 0 aliphatic carbocycles. The predicted molar refractivity (Wildman–Crippen MR) is 143 cm³/mol. The molecule has 2 saturated heterocycles. The number of hydrogen-bond acceptors (Lipinski definition) is 6. The first-order chi connectivity index (χ1) is 17.3. The summed E-state index contributed by atoms with van der Waals surface area (Å²) < 4.78 is 34.5. The quantitative estimate of drug-likeness (QED) is 0.410. The van der Waals surface area contributed by atoms with Crippen LogP contribution >= 0.6 is 11.3 Å². The van der Waals surface area contributed by atoms with E-state index < -0.39 is 10.0 Å². The Kier molecular flexibility index (Phi) is 7.44. The molecular formula is C27H33N3O4S2. The van der Waals surface area contributed by atoms with Crippen molar-refractivity contribution >= 4 is 42.6 Å². The van der Waals surface area contributed by atoms with Crippen molar-refractivity contribution in [2.24, 2.45) is 0 Å². The second-order valence-corrected chi connectivity index (χ2v) is 12.8. The number of benzene rings is 2. The summed E-state index contributed by atoms with van der Waals surface area (Å²) in [4.78, 5) is 20.6. The van der Waals surface area contributed by atoms with Gasteiger partial charge in [0, 0.05) is 25.3 Å². The van der Waals surface area contributed by atoms with E-state index in [1.165, 1.54) is 11.3 Å². The van der Waals surface area contributed by atoms with Gasteiger partial charge in [0.15, 0.2) is 5.13 Å². The molecule has 0 bridgehead atoms. The van der Waals surface area contributed by atoms with Crippen molar-refractivity contribution in [3.63, 3.8) is 0 Å². The first kappa shape index (κ1) is 25.3. The molecule has 2 aliphatic heterocycles. The minimum absolute atomic E-state index is 0.0377. The topological polar surface area (TPSA) is 79.8 Å². The Morgan fingerprint density at radius 3 is 2.53 bits per heavy atom. The summed E-state index contributed by atoms with van der Waals surface area (Å²) in [5, 5.41) is 0.642. The number of carbonyl (C=O) groups is 1. The molecule has 9 heteroatoms. The van der Waals surface area contributed by atoms with Gasteiger partial charge in [-0.1, -0.05) is 43.7 Å². The van der Waals surface area contributed by atoms with Crippen molar-refractivity contribution in [2.75, 3.05) is 31.1 Å². The van der Waals surface area contributed by atoms with Crippen LogP contribution in [-0.2, 0) is 14.8 Å². The van der Waals surface area contributed by atoms with Crippen LogP contribution in [0.3, 0.4) is 0 Å². The molecule has 36 heavy (non-hydrogen) atoms. The Labute approximate surface area is 217 Å². The van der Waals surface area contributed by atoms with Crippen LogP contribution in [0.4, 0.5) is 5.13 Å². The van der Waals surface area contributed by atoms with E-state index in [0.29, 0.717) is 42.9 Å². The van der Waals surface area contributed by atoms with Crippen molar-refractivity contribution in [3.05, 3.63) is 53.6 Å². The Morgan fingerprint density at radius 2 is 1.86 bits per heavy atom. The van der Waals surface area contributed by atoms with Gasteiger partial charge in [-0.2, -0.15) is 4.31 Å². The van der Waals surface area contributed by atoms with E-state index in [1.807, 2.05) is 12.1 Å². The summed E-state index contributed by atoms with van der Waals surface area (Å²) >= 11 is 1.51. The van der Waals surface area contributed by atoms with Gasteiger partial charge < -0.3 is 4.74 Å². The number of carbonyl (C=O) groups excluding carboxylic acids is 1. The average Bonchev–Trinajstić information content (AvgIpc) is 3.57. The Bertz CT molecular complexity index is 1320. The first-order valence-corrected chi connectivity index (χ1v) is 15.0. The standard InChI is InChI=1S/C27H33N3O4S2/c1-19(2)23-9-6-10-24-25(23)28-27(35-24)30(18-21-8-7-17-34-21)26(31)20-11-13-22(14-12-20)36(32,33)29-15-4-3-5-16-29/h6,9-14,19,21H,3-5,7-8,15-18H2,1-2H3. The van der Waals surface area contributed by atoms with E-state index in [0.717, 1.165) is 47.9 Å². The van der Waals surface area contributed by atoms with Gasteiger partial charge in [0.2, 0.25) is 10.0 Å². The maximum Gasteiger partial charge on any atom is 0.260 e. The largest absolute Gasteiger partial charge is 0.376 e. The van der Waals surface area contributed by atoms with Crippen molar-refractivity contribution in [2.45, 2.75) is 62.9 Å². The number of ether oxygens (including phenoxy) is 1. The number of anilines is 1. The van der Waals surface area contributed by atoms with Crippen molar-refractivity contribution in [1.29, 1.82) is 0 Å². The van der Waals surface area contributed by atoms with Crippen LogP contribution in [0.1, 0.15) is 67.8 Å². The highest BCUT2D eigenvalue weighted by molar-refractivity contribution is 7.89. The zero-order chi connectivity index (χ0) is 25.3. The van der Waals surface area contributed by atoms with E-state index in [2.05, 4.69) is 19.9 Å². The first-order valence-electron chi connectivity index (χ1n) is 12.8. The highest BCUT2D eigenvalue weighted by atomic mass is 32.2. The average molecular weight is 528 g/mol. The van der Waals surface area contributed by atoms with E-state index >= 15 is 0 Å². The molecule has 2 aliphatic rings. The predicted octanol–water partition coefficient (Wildman–Crippen LogP) is 5.42. The molecule has 3 heterocycles. The number of hydrogen-bond donors (Lipinski definition) is 0. The van der Waals surface area contributed by atoms with Crippen molar-refractivity contribution < 1.29 is 17.9 Å². The zero-order valence-corrected chi connectivity index (χ0v) is 22.5. The van der Waals surface area contributed by atoms with E-state index in [-0.39, 0.29) is 16.9 Å². The number of thiazole rings is 1. The number of amides is 1. The smallest absolute Gasteiger partial charge is 0.260 e. The number of aromatic nitrogens is 1. The molecule has 5 rings (SSSR count). The van der Waals surface area contributed by atoms with E-state index in [1.54, 1.807) is 33.5 Å². The van der Waals surface area contributed by atoms with Gasteiger partial charge >= 0.3 is 0 Å². The highest BCUT2D eigenvalue weighted by Crippen LogP contribution is 2.35. The molecule has 1 atom stereocenters. The molecule has 192 valence electrons. The van der Waals surface area contributed by atoms with E-state index in [9.17, 15) is 13.2 Å². The summed E-state index contributed by atoms with van der Waals surface area (Å²) in [7, 11) is -3.55. The van der Waals surface area contributed by atoms with Crippen LogP contribution < -0.4 is 4.90 Å². The third-order valence-corrected chi connectivity index (χ3v) is 9.96. The molecule has 0 saturated carbocycles. The Hall–Kier alpha value is -2.33. The number of para-hydroxylation sites is 1. The van der Waals surface area contributed by atoms with Gasteiger partial charge in [-0.3, -0.25) is 9.69 Å². The molecule has 0 radical (unpaired) electrons. The second kappa shape index (κ2) is 10.6. The summed E-state index contributed by atoms with van der Waals surface area (Å²) in [6.45, 7) is 6.50. The van der Waals surface area contributed by atoms with Crippen LogP contribution in [0.25, 0.3) is 10.2 Å². The van der Waals surface area contributed by atoms with Gasteiger partial charge in [-0.15, -0.1) is 0 Å². The summed E-state index contributed by atoms with van der Waals surface area (Å²) in [6, 6.07) is 12.5. The minimum Gasteiger partial charge on any atom is -0.376 e. The van der Waals surface area contributed by atoms with Crippen LogP contribution in [0.15, 0.2) is 47.4 Å². The molecule has 7 nitrogen and oxygen atoms in total. The highest BCUT2D eigenvalue weighted by Gasteiger charge is 2.29. The van der Waals surface area contributed by atoms with Gasteiger partial charge in [-0.05, 0) is 67.5 Å². The number of nitrogens with zero attached hydrogens (tertiary/aromatic N) is 3. The lowest BCUT2D eigenvalue weighted by Gasteiger charge is -2.26. The molecule has 1 unspecified atom stereocenters. The van der Waals surface area contributed by atoms with Gasteiger partial charge in [0.25, 0.3) is 5.91 Å². The van der Waals surface area contributed by atoms with Crippen LogP contribution in [0.2, 0.25) is 0 Å². The molecular weight excluding hydrogens is 494 g/mol. The number of fused-ring (bicyclic) bond motifs is 1. The van der Waals surface area contributed by atoms with Crippen LogP contribution in [0.5, 0.6) is 0 Å². The Balaban J connectivity index is 1.45. The van der Waals surface area contributed by atoms with Crippen molar-refractivity contribution in [1.82, 2.24) is 9.29 Å². The lowest BCUT2D eigenvalue weighted by atomic mass is 10.0. The van der Waals surface area contributed by atoms with Crippen LogP contribution in [0, 0.1) is 0 Å². The number of rotatable bonds is 7. The summed E-state index contributed by atoms with van der Waals surface area (Å²) in [6.07, 6.45) is 4.67. The fourth-order valence-electron chi connectivity index (χ4n) is 4.96. The third kappa shape index (κ3) is 5.07. The SMILES string of the molecule is CC(C)c1cccc2sc(N(CC3CCCO3)C(=O)c3ccc(S(=O)(=O)N4CCCCC4)cc3)nc12. The summed E-state index contributed by atoms with van der Waals surface area (Å²) in [5.74, 6) is 0.123. The molecule has 2 aromatic carbocycles. The van der Waals surface area contributed by atoms with Crippen LogP contribution in [-0.4, -0.2) is 56.0 Å². The maximum absolute atomic E-state index is 13.8. The molecule has 1 amide bonds. The fraction of sp³-hybridized carbons (Fsp3) is 0.481. The lowest BCUT2D eigenvalue weighted by molar-refractivity contribution is 0.0917. The van der Waals surface area contributed by atoms with Gasteiger partial charge in [0.1, 0.15) is 0 Å². The summed E-state index contributed by atoms with van der Waals surface area (Å²) in [5.41, 5.74) is 2.53. The fourth-order valence-corrected chi connectivity index (χ4v) is 7.48. The van der Waals surface area contributed by atoms with Crippen molar-refractivity contribution in [3.8, 4) is 0 Å². The molecule has 0 spiro atoms. The lowest BCUT2D eigenvalue weighted by Crippen LogP contribution is -2.37. The molecule has 3 aromatic rings. The number of sulfonamides is 1. The second-order valence-electron chi connectivity index (χ2n) is 9.89. The maximum atomic E-state index is 13.8. The number of piperidine rings is 1. The molecule has 2 fully saturated rings. The normalized spacial score (nSPS) is 19.2. The monoisotopic (exact) mass is 527 g/mol. The molecule has 0 N–H and O–H groups in total.